The standard InChI is InChI=1S/C48H66N4O6/c1-7-13-25-53-43-31-40(32-44(37-43)54-26-14-8-2)49-19-22-52(23-20-50-41-33-45(55-27-15-9-3)38-46(34-41)56-28-16-10-4)24-21-51-42-35-47(57-29-17-11-5)39-48(36-42)58-30-18-12-6/h7-12,31-39,49-51H,1-6,13-30H2. The van der Waals surface area contributed by atoms with Crippen molar-refractivity contribution < 1.29 is 28.4 Å². The first-order chi connectivity index (χ1) is 28.5. The van der Waals surface area contributed by atoms with Gasteiger partial charge in [-0.25, -0.2) is 0 Å². The Morgan fingerprint density at radius 1 is 0.345 bits per heavy atom. The molecule has 3 rings (SSSR count). The molecular formula is C48H66N4O6. The number of anilines is 3. The highest BCUT2D eigenvalue weighted by Gasteiger charge is 2.10. The average molecular weight is 795 g/mol. The molecule has 0 aliphatic carbocycles. The van der Waals surface area contributed by atoms with Crippen molar-refractivity contribution in [3.05, 3.63) is 131 Å². The van der Waals surface area contributed by atoms with E-state index in [1.165, 1.54) is 0 Å². The molecule has 0 saturated carbocycles. The third-order valence-corrected chi connectivity index (χ3v) is 8.46. The Morgan fingerprint density at radius 3 is 0.741 bits per heavy atom. The highest BCUT2D eigenvalue weighted by molar-refractivity contribution is 5.55. The first-order valence-corrected chi connectivity index (χ1v) is 20.3. The topological polar surface area (TPSA) is 94.7 Å². The normalized spacial score (nSPS) is 10.5. The van der Waals surface area contributed by atoms with Crippen molar-refractivity contribution in [3.63, 3.8) is 0 Å². The third-order valence-electron chi connectivity index (χ3n) is 8.46. The summed E-state index contributed by atoms with van der Waals surface area (Å²) in [5, 5.41) is 10.8. The molecule has 314 valence electrons. The Kier molecular flexibility index (Phi) is 23.7. The SMILES string of the molecule is C=CCCOc1cc(NCCN(CCNc2cc(OCCC=C)cc(OCCC=C)c2)CCNc2cc(OCCC=C)cc(OCCC=C)c2)cc(OCCC=C)c1. The Bertz CT molecular complexity index is 1390. The molecule has 0 heterocycles. The number of ether oxygens (including phenoxy) is 6. The molecular weight excluding hydrogens is 729 g/mol. The summed E-state index contributed by atoms with van der Waals surface area (Å²) in [5.74, 6) is 4.49. The monoisotopic (exact) mass is 794 g/mol. The first kappa shape index (κ1) is 46.6. The van der Waals surface area contributed by atoms with Crippen molar-refractivity contribution in [1.29, 1.82) is 0 Å². The summed E-state index contributed by atoms with van der Waals surface area (Å²) in [6, 6.07) is 17.8. The molecule has 10 nitrogen and oxygen atoms in total. The molecule has 0 fully saturated rings. The maximum absolute atomic E-state index is 6.00. The van der Waals surface area contributed by atoms with Gasteiger partial charge in [-0.3, -0.25) is 4.90 Å². The highest BCUT2D eigenvalue weighted by atomic mass is 16.5. The van der Waals surface area contributed by atoms with Crippen LogP contribution in [0.5, 0.6) is 34.5 Å². The van der Waals surface area contributed by atoms with Crippen molar-refractivity contribution in [2.24, 2.45) is 0 Å². The van der Waals surface area contributed by atoms with Crippen LogP contribution in [-0.4, -0.2) is 83.8 Å². The van der Waals surface area contributed by atoms with Gasteiger partial charge in [0.1, 0.15) is 34.5 Å². The maximum atomic E-state index is 6.00. The van der Waals surface area contributed by atoms with Gasteiger partial charge in [0.25, 0.3) is 0 Å². The van der Waals surface area contributed by atoms with Crippen LogP contribution in [0, 0.1) is 0 Å². The van der Waals surface area contributed by atoms with Crippen LogP contribution in [0.3, 0.4) is 0 Å². The molecule has 3 aromatic carbocycles. The van der Waals surface area contributed by atoms with Crippen molar-refractivity contribution in [2.45, 2.75) is 38.5 Å². The summed E-state index contributed by atoms with van der Waals surface area (Å²) in [6.07, 6.45) is 15.6. The smallest absolute Gasteiger partial charge is 0.125 e. The van der Waals surface area contributed by atoms with Gasteiger partial charge >= 0.3 is 0 Å². The van der Waals surface area contributed by atoms with Gasteiger partial charge in [0.05, 0.1) is 39.6 Å². The lowest BCUT2D eigenvalue weighted by Gasteiger charge is -2.24. The molecule has 0 unspecified atom stereocenters. The molecule has 0 atom stereocenters. The van der Waals surface area contributed by atoms with Gasteiger partial charge in [0.2, 0.25) is 0 Å². The zero-order chi connectivity index (χ0) is 41.5. The summed E-state index contributed by atoms with van der Waals surface area (Å²) in [6.45, 7) is 30.5. The molecule has 58 heavy (non-hydrogen) atoms. The minimum absolute atomic E-state index is 0.547. The zero-order valence-electron chi connectivity index (χ0n) is 34.5. The minimum Gasteiger partial charge on any atom is -0.493 e. The van der Waals surface area contributed by atoms with Crippen LogP contribution in [0.25, 0.3) is 0 Å². The molecule has 0 bridgehead atoms. The lowest BCUT2D eigenvalue weighted by molar-refractivity contribution is 0.304. The minimum atomic E-state index is 0.547. The van der Waals surface area contributed by atoms with Crippen LogP contribution in [0.15, 0.2) is 131 Å². The fraction of sp³-hybridized carbons (Fsp3) is 0.375. The second-order valence-corrected chi connectivity index (χ2v) is 13.3. The van der Waals surface area contributed by atoms with Crippen LogP contribution in [0.2, 0.25) is 0 Å². The van der Waals surface area contributed by atoms with Crippen molar-refractivity contribution in [3.8, 4) is 34.5 Å². The molecule has 3 aromatic rings. The quantitative estimate of drug-likeness (QED) is 0.0390. The van der Waals surface area contributed by atoms with E-state index < -0.39 is 0 Å². The molecule has 10 heteroatoms. The van der Waals surface area contributed by atoms with Crippen molar-refractivity contribution in [1.82, 2.24) is 4.90 Å². The second kappa shape index (κ2) is 29.5. The number of nitrogens with zero attached hydrogens (tertiary/aromatic N) is 1. The van der Waals surface area contributed by atoms with E-state index in [0.29, 0.717) is 59.3 Å². The number of hydrogen-bond donors (Lipinski definition) is 3. The summed E-state index contributed by atoms with van der Waals surface area (Å²) >= 11 is 0. The average Bonchev–Trinajstić information content (AvgIpc) is 3.21. The van der Waals surface area contributed by atoms with E-state index in [2.05, 4.69) is 60.3 Å². The second-order valence-electron chi connectivity index (χ2n) is 13.3. The van der Waals surface area contributed by atoms with Gasteiger partial charge in [0, 0.05) is 111 Å². The molecule has 0 radical (unpaired) electrons. The number of hydrogen-bond acceptors (Lipinski definition) is 10. The van der Waals surface area contributed by atoms with Gasteiger partial charge < -0.3 is 44.4 Å². The van der Waals surface area contributed by atoms with Crippen LogP contribution in [-0.2, 0) is 0 Å². The lowest BCUT2D eigenvalue weighted by Crippen LogP contribution is -2.36. The van der Waals surface area contributed by atoms with E-state index in [1.54, 1.807) is 0 Å². The maximum Gasteiger partial charge on any atom is 0.125 e. The lowest BCUT2D eigenvalue weighted by atomic mass is 10.2. The van der Waals surface area contributed by atoms with Gasteiger partial charge in [0.15, 0.2) is 0 Å². The van der Waals surface area contributed by atoms with Gasteiger partial charge in [-0.15, -0.1) is 39.5 Å². The van der Waals surface area contributed by atoms with E-state index >= 15 is 0 Å². The summed E-state index contributed by atoms with van der Waals surface area (Å²) in [7, 11) is 0. The molecule has 3 N–H and O–H groups in total. The van der Waals surface area contributed by atoms with Crippen LogP contribution < -0.4 is 44.4 Å². The van der Waals surface area contributed by atoms with Gasteiger partial charge in [-0.2, -0.15) is 0 Å². The third kappa shape index (κ3) is 19.9. The predicted octanol–water partition coefficient (Wildman–Crippen LogP) is 10.4. The Hall–Kier alpha value is -5.74. The molecule has 0 saturated heterocycles. The van der Waals surface area contributed by atoms with E-state index in [9.17, 15) is 0 Å². The molecule has 0 aliphatic rings. The van der Waals surface area contributed by atoms with Gasteiger partial charge in [-0.05, 0) is 38.5 Å². The Labute approximate surface area is 347 Å². The molecule has 0 aliphatic heterocycles. The molecule has 0 amide bonds. The Morgan fingerprint density at radius 2 is 0.552 bits per heavy atom. The van der Waals surface area contributed by atoms with Crippen LogP contribution in [0.4, 0.5) is 17.1 Å². The van der Waals surface area contributed by atoms with Crippen molar-refractivity contribution >= 4 is 17.1 Å². The first-order valence-electron chi connectivity index (χ1n) is 20.3. The molecule has 0 spiro atoms. The predicted molar refractivity (Wildman–Crippen MR) is 243 cm³/mol. The van der Waals surface area contributed by atoms with Crippen LogP contribution in [0.1, 0.15) is 38.5 Å². The largest absolute Gasteiger partial charge is 0.493 e. The van der Waals surface area contributed by atoms with E-state index in [4.69, 9.17) is 28.4 Å². The number of benzene rings is 3. The summed E-state index contributed by atoms with van der Waals surface area (Å²) in [5.41, 5.74) is 2.78. The van der Waals surface area contributed by atoms with Crippen molar-refractivity contribution in [2.75, 3.05) is 94.9 Å². The van der Waals surface area contributed by atoms with Gasteiger partial charge in [-0.1, -0.05) is 36.5 Å². The number of rotatable bonds is 36. The molecule has 0 aromatic heterocycles. The van der Waals surface area contributed by atoms with E-state index in [-0.39, 0.29) is 0 Å². The number of nitrogens with one attached hydrogen (secondary N) is 3. The zero-order valence-corrected chi connectivity index (χ0v) is 34.5. The summed E-state index contributed by atoms with van der Waals surface area (Å²) < 4.78 is 36.0. The fourth-order valence-corrected chi connectivity index (χ4v) is 5.49. The van der Waals surface area contributed by atoms with Crippen LogP contribution >= 0.6 is 0 Å². The Balaban J connectivity index is 1.75. The van der Waals surface area contributed by atoms with E-state index in [1.807, 2.05) is 91.1 Å². The highest BCUT2D eigenvalue weighted by Crippen LogP contribution is 2.29. The summed E-state index contributed by atoms with van der Waals surface area (Å²) in [4.78, 5) is 2.41. The fourth-order valence-electron chi connectivity index (χ4n) is 5.49. The van der Waals surface area contributed by atoms with E-state index in [0.717, 1.165) is 110 Å².